The molecule has 0 unspecified atom stereocenters. The monoisotopic (exact) mass is 358 g/mol. The van der Waals surface area contributed by atoms with Gasteiger partial charge in [-0.25, -0.2) is 4.79 Å². The number of piperazine rings is 1. The minimum atomic E-state index is -0.180. The molecule has 1 saturated heterocycles. The number of ketones is 1. The largest absolute Gasteiger partial charge is 0.335 e. The van der Waals surface area contributed by atoms with Crippen LogP contribution in [0.2, 0.25) is 0 Å². The second-order valence-electron chi connectivity index (χ2n) is 7.52. The van der Waals surface area contributed by atoms with Crippen molar-refractivity contribution in [3.05, 3.63) is 29.8 Å². The van der Waals surface area contributed by atoms with E-state index in [1.165, 1.54) is 19.3 Å². The Morgan fingerprint density at radius 2 is 1.81 bits per heavy atom. The topological polar surface area (TPSA) is 64.7 Å². The molecule has 3 rings (SSSR count). The zero-order valence-electron chi connectivity index (χ0n) is 15.7. The summed E-state index contributed by atoms with van der Waals surface area (Å²) >= 11 is 0. The van der Waals surface area contributed by atoms with Crippen LogP contribution in [-0.4, -0.2) is 67.4 Å². The van der Waals surface area contributed by atoms with E-state index in [2.05, 4.69) is 27.5 Å². The summed E-state index contributed by atoms with van der Waals surface area (Å²) < 4.78 is 0. The van der Waals surface area contributed by atoms with Gasteiger partial charge in [0.2, 0.25) is 0 Å². The van der Waals surface area contributed by atoms with Crippen molar-refractivity contribution < 1.29 is 9.59 Å². The predicted octanol–water partition coefficient (Wildman–Crippen LogP) is 2.57. The van der Waals surface area contributed by atoms with Gasteiger partial charge in [-0.1, -0.05) is 31.4 Å². The van der Waals surface area contributed by atoms with Crippen LogP contribution in [-0.2, 0) is 0 Å². The first-order chi connectivity index (χ1) is 12.6. The maximum Gasteiger partial charge on any atom is 0.319 e. The number of nitrogens with zero attached hydrogens (tertiary/aromatic N) is 2. The highest BCUT2D eigenvalue weighted by Gasteiger charge is 2.18. The van der Waals surface area contributed by atoms with Gasteiger partial charge in [0, 0.05) is 43.5 Å². The van der Waals surface area contributed by atoms with Crippen molar-refractivity contribution in [3.8, 4) is 0 Å². The van der Waals surface area contributed by atoms with Gasteiger partial charge in [0.05, 0.1) is 6.54 Å². The van der Waals surface area contributed by atoms with E-state index in [-0.39, 0.29) is 17.9 Å². The molecule has 1 aliphatic carbocycles. The predicted molar refractivity (Wildman–Crippen MR) is 104 cm³/mol. The maximum absolute atomic E-state index is 12.6. The molecule has 2 N–H and O–H groups in total. The summed E-state index contributed by atoms with van der Waals surface area (Å²) in [5.74, 6) is 0.103. The molecule has 0 bridgehead atoms. The lowest BCUT2D eigenvalue weighted by atomic mass is 9.96. The van der Waals surface area contributed by atoms with E-state index in [9.17, 15) is 9.59 Å². The van der Waals surface area contributed by atoms with Gasteiger partial charge in [-0.2, -0.15) is 0 Å². The minimum Gasteiger partial charge on any atom is -0.335 e. The van der Waals surface area contributed by atoms with Crippen LogP contribution in [0, 0.1) is 0 Å². The minimum absolute atomic E-state index is 0.103. The van der Waals surface area contributed by atoms with Crippen molar-refractivity contribution in [1.29, 1.82) is 0 Å². The molecule has 2 aliphatic rings. The molecule has 2 amide bonds. The van der Waals surface area contributed by atoms with Gasteiger partial charge < -0.3 is 15.5 Å². The lowest BCUT2D eigenvalue weighted by Crippen LogP contribution is -2.46. The van der Waals surface area contributed by atoms with Crippen LogP contribution in [0.5, 0.6) is 0 Å². The van der Waals surface area contributed by atoms with Gasteiger partial charge in [-0.15, -0.1) is 0 Å². The molecule has 6 nitrogen and oxygen atoms in total. The Kier molecular flexibility index (Phi) is 6.63. The summed E-state index contributed by atoms with van der Waals surface area (Å²) in [4.78, 5) is 29.2. The van der Waals surface area contributed by atoms with Gasteiger partial charge in [-0.05, 0) is 32.0 Å². The first-order valence-electron chi connectivity index (χ1n) is 9.72. The summed E-state index contributed by atoms with van der Waals surface area (Å²) in [6, 6.07) is 7.34. The maximum atomic E-state index is 12.6. The number of nitrogens with one attached hydrogen (secondary N) is 2. The van der Waals surface area contributed by atoms with E-state index in [4.69, 9.17) is 0 Å². The third kappa shape index (κ3) is 5.54. The number of likely N-dealkylation sites (N-methyl/N-ethyl adjacent to an activating group) is 1. The van der Waals surface area contributed by atoms with Gasteiger partial charge in [-0.3, -0.25) is 9.69 Å². The Balaban J connectivity index is 1.52. The van der Waals surface area contributed by atoms with Crippen molar-refractivity contribution in [1.82, 2.24) is 15.1 Å². The van der Waals surface area contributed by atoms with Crippen LogP contribution in [0.4, 0.5) is 10.5 Å². The first-order valence-corrected chi connectivity index (χ1v) is 9.72. The number of benzene rings is 1. The average Bonchev–Trinajstić information content (AvgIpc) is 2.64. The molecule has 0 aromatic heterocycles. The third-order valence-corrected chi connectivity index (χ3v) is 5.35. The summed E-state index contributed by atoms with van der Waals surface area (Å²) in [5, 5.41) is 5.91. The standard InChI is InChI=1S/C20H30N4O2/c1-23-10-12-24(13-11-23)15-19(25)16-6-5-9-18(14-16)22-20(26)21-17-7-3-2-4-8-17/h5-6,9,14,17H,2-4,7-8,10-13,15H2,1H3,(H2,21,22,26). The summed E-state index contributed by atoms with van der Waals surface area (Å²) in [6.07, 6.45) is 5.73. The molecule has 1 aromatic rings. The van der Waals surface area contributed by atoms with E-state index < -0.39 is 0 Å². The summed E-state index contributed by atoms with van der Waals surface area (Å²) in [6.45, 7) is 4.27. The molecule has 2 fully saturated rings. The highest BCUT2D eigenvalue weighted by atomic mass is 16.2. The summed E-state index contributed by atoms with van der Waals surface area (Å²) in [5.41, 5.74) is 1.32. The highest BCUT2D eigenvalue weighted by molar-refractivity contribution is 5.99. The van der Waals surface area contributed by atoms with Crippen molar-refractivity contribution in [2.75, 3.05) is 45.1 Å². The van der Waals surface area contributed by atoms with Gasteiger partial charge in [0.1, 0.15) is 0 Å². The van der Waals surface area contributed by atoms with Crippen LogP contribution in [0.1, 0.15) is 42.5 Å². The number of anilines is 1. The van der Waals surface area contributed by atoms with E-state index in [1.807, 2.05) is 18.2 Å². The molecule has 6 heteroatoms. The van der Waals surface area contributed by atoms with Crippen LogP contribution in [0.25, 0.3) is 0 Å². The lowest BCUT2D eigenvalue weighted by molar-refractivity contribution is 0.0876. The molecule has 1 heterocycles. The molecule has 0 radical (unpaired) electrons. The molecule has 142 valence electrons. The normalized spacial score (nSPS) is 19.9. The quantitative estimate of drug-likeness (QED) is 0.794. The molecular weight excluding hydrogens is 328 g/mol. The second kappa shape index (κ2) is 9.14. The number of amides is 2. The molecule has 1 saturated carbocycles. The lowest BCUT2D eigenvalue weighted by Gasteiger charge is -2.31. The van der Waals surface area contributed by atoms with Crippen LogP contribution in [0.15, 0.2) is 24.3 Å². The van der Waals surface area contributed by atoms with Crippen molar-refractivity contribution >= 4 is 17.5 Å². The zero-order chi connectivity index (χ0) is 18.4. The Morgan fingerprint density at radius 3 is 2.54 bits per heavy atom. The molecule has 1 aliphatic heterocycles. The number of Topliss-reactive ketones (excluding diaryl/α,β-unsaturated/α-hetero) is 1. The smallest absolute Gasteiger partial charge is 0.319 e. The van der Waals surface area contributed by atoms with Crippen LogP contribution < -0.4 is 10.6 Å². The average molecular weight is 358 g/mol. The van der Waals surface area contributed by atoms with E-state index in [1.54, 1.807) is 6.07 Å². The van der Waals surface area contributed by atoms with Crippen molar-refractivity contribution in [2.24, 2.45) is 0 Å². The SMILES string of the molecule is CN1CCN(CC(=O)c2cccc(NC(=O)NC3CCCCC3)c2)CC1. The first kappa shape index (κ1) is 18.9. The highest BCUT2D eigenvalue weighted by Crippen LogP contribution is 2.18. The number of hydrogen-bond donors (Lipinski definition) is 2. The van der Waals surface area contributed by atoms with Gasteiger partial charge in [0.25, 0.3) is 0 Å². The molecule has 0 spiro atoms. The van der Waals surface area contributed by atoms with E-state index >= 15 is 0 Å². The van der Waals surface area contributed by atoms with E-state index in [0.29, 0.717) is 17.8 Å². The summed E-state index contributed by atoms with van der Waals surface area (Å²) in [7, 11) is 2.10. The van der Waals surface area contributed by atoms with Gasteiger partial charge in [0.15, 0.2) is 5.78 Å². The molecule has 26 heavy (non-hydrogen) atoms. The van der Waals surface area contributed by atoms with Crippen LogP contribution in [0.3, 0.4) is 0 Å². The fourth-order valence-corrected chi connectivity index (χ4v) is 3.67. The number of hydrogen-bond acceptors (Lipinski definition) is 4. The molecule has 0 atom stereocenters. The number of carbonyl (C=O) groups is 2. The van der Waals surface area contributed by atoms with Crippen molar-refractivity contribution in [3.63, 3.8) is 0 Å². The molecule has 1 aromatic carbocycles. The zero-order valence-corrected chi connectivity index (χ0v) is 15.7. The Hall–Kier alpha value is -1.92. The number of urea groups is 1. The van der Waals surface area contributed by atoms with E-state index in [0.717, 1.165) is 39.0 Å². The Labute approximate surface area is 155 Å². The van der Waals surface area contributed by atoms with Crippen molar-refractivity contribution in [2.45, 2.75) is 38.1 Å². The Morgan fingerprint density at radius 1 is 1.08 bits per heavy atom. The molecular formula is C20H30N4O2. The second-order valence-corrected chi connectivity index (χ2v) is 7.52. The Bertz CT molecular complexity index is 620. The fourth-order valence-electron chi connectivity index (χ4n) is 3.67. The van der Waals surface area contributed by atoms with Gasteiger partial charge >= 0.3 is 6.03 Å². The number of carbonyl (C=O) groups excluding carboxylic acids is 2. The third-order valence-electron chi connectivity index (χ3n) is 5.35. The number of rotatable bonds is 5. The van der Waals surface area contributed by atoms with Crippen LogP contribution >= 0.6 is 0 Å². The fraction of sp³-hybridized carbons (Fsp3) is 0.600.